The summed E-state index contributed by atoms with van der Waals surface area (Å²) in [5, 5.41) is 121. The summed E-state index contributed by atoms with van der Waals surface area (Å²) < 4.78 is 34.5. The smallest absolute Gasteiger partial charge is 0.220 e. The molecule has 19 nitrogen and oxygen atoms in total. The highest BCUT2D eigenvalue weighted by molar-refractivity contribution is 5.76. The van der Waals surface area contributed by atoms with E-state index in [2.05, 4.69) is 92.1 Å². The lowest BCUT2D eigenvalue weighted by Gasteiger charge is -2.48. The summed E-state index contributed by atoms with van der Waals surface area (Å²) >= 11 is 0. The number of carbonyl (C=O) groups is 1. The number of aliphatic hydroxyl groups is 11. The predicted molar refractivity (Wildman–Crippen MR) is 374 cm³/mol. The SMILES string of the molecule is CC/C=C\C/C=C\C/C=C\C/C=C\C/C=C\C/C=C\CCCCCCCCCCCCCCCCC(=O)NC(COC1OC(CO)C(OC2OC(CO)C(OC3OC(CO)C(O)C(O)C3O)C(O)C2O)C(O)C1O)C(O)CCCCCCCCCCCCCCCCCCC. The fourth-order valence-corrected chi connectivity index (χ4v) is 12.5. The van der Waals surface area contributed by atoms with Crippen molar-refractivity contribution in [3.8, 4) is 0 Å². The Kier molecular flexibility index (Phi) is 51.8. The van der Waals surface area contributed by atoms with Gasteiger partial charge < -0.3 is 89.9 Å². The third-order valence-corrected chi connectivity index (χ3v) is 18.5. The zero-order valence-corrected chi connectivity index (χ0v) is 58.6. The van der Waals surface area contributed by atoms with Crippen LogP contribution >= 0.6 is 0 Å². The molecule has 12 N–H and O–H groups in total. The number of amides is 1. The lowest BCUT2D eigenvalue weighted by atomic mass is 9.96. The molecule has 3 rings (SSSR count). The fourth-order valence-electron chi connectivity index (χ4n) is 12.5. The molecule has 0 radical (unpaired) electrons. The summed E-state index contributed by atoms with van der Waals surface area (Å²) in [6.07, 6.45) is 45.5. The number of hydrogen-bond acceptors (Lipinski definition) is 18. The van der Waals surface area contributed by atoms with Gasteiger partial charge in [-0.2, -0.15) is 0 Å². The van der Waals surface area contributed by atoms with E-state index in [1.54, 1.807) is 0 Å². The quantitative estimate of drug-likeness (QED) is 0.0199. The topological polar surface area (TPSA) is 307 Å². The summed E-state index contributed by atoms with van der Waals surface area (Å²) in [5.74, 6) is -0.243. The first-order valence-electron chi connectivity index (χ1n) is 37.7. The van der Waals surface area contributed by atoms with Gasteiger partial charge in [-0.25, -0.2) is 0 Å². The highest BCUT2D eigenvalue weighted by Crippen LogP contribution is 2.33. The molecule has 3 aliphatic heterocycles. The molecule has 0 saturated carbocycles. The van der Waals surface area contributed by atoms with E-state index in [9.17, 15) is 61.0 Å². The van der Waals surface area contributed by atoms with E-state index in [1.165, 1.54) is 148 Å². The Morgan fingerprint density at radius 3 is 1.14 bits per heavy atom. The van der Waals surface area contributed by atoms with E-state index in [1.807, 2.05) is 0 Å². The number of allylic oxidation sites excluding steroid dienone is 12. The molecule has 0 aliphatic carbocycles. The van der Waals surface area contributed by atoms with Gasteiger partial charge >= 0.3 is 0 Å². The number of unbranched alkanes of at least 4 members (excludes halogenated alkanes) is 30. The number of aliphatic hydroxyl groups excluding tert-OH is 11. The van der Waals surface area contributed by atoms with Gasteiger partial charge in [-0.15, -0.1) is 0 Å². The maximum Gasteiger partial charge on any atom is 0.220 e. The highest BCUT2D eigenvalue weighted by atomic mass is 16.8. The minimum atomic E-state index is -1.97. The first-order chi connectivity index (χ1) is 46.3. The average Bonchev–Trinajstić information content (AvgIpc) is 0.786. The molecule has 0 aromatic carbocycles. The largest absolute Gasteiger partial charge is 0.394 e. The van der Waals surface area contributed by atoms with Crippen molar-refractivity contribution in [2.24, 2.45) is 0 Å². The van der Waals surface area contributed by atoms with Gasteiger partial charge in [0, 0.05) is 6.42 Å². The second-order valence-corrected chi connectivity index (χ2v) is 26.7. The standard InChI is InChI=1S/C76H135NO18/c1-3-5-7-9-11-13-15-17-19-21-22-23-24-25-26-27-28-29-30-31-32-33-34-35-36-38-40-42-44-46-48-50-52-54-64(82)77-59(60(81)53-51-49-47-45-43-41-39-37-20-18-16-14-12-10-8-6-4-2)58-90-74-70(88)67(85)72(62(56-79)92-74)95-76-71(89)68(86)73(63(57-80)93-76)94-75-69(87)66(84)65(83)61(55-78)91-75/h5,7,11,13,17,19,22-23,25-26,28-29,59-63,65-76,78-81,83-89H,3-4,6,8-10,12,14-16,18,20-21,24,27,30-58H2,1-2H3,(H,77,82)/b7-5-,13-11-,19-17-,23-22-,26-25-,29-28-. The summed E-state index contributed by atoms with van der Waals surface area (Å²) in [6.45, 7) is 1.70. The maximum absolute atomic E-state index is 13.5. The molecule has 17 unspecified atom stereocenters. The normalized spacial score (nSPS) is 27.6. The summed E-state index contributed by atoms with van der Waals surface area (Å²) in [4.78, 5) is 13.5. The molecule has 3 saturated heterocycles. The van der Waals surface area contributed by atoms with E-state index in [0.29, 0.717) is 12.8 Å². The van der Waals surface area contributed by atoms with Gasteiger partial charge in [0.25, 0.3) is 0 Å². The molecule has 0 bridgehead atoms. The molecule has 1 amide bonds. The van der Waals surface area contributed by atoms with Crippen molar-refractivity contribution in [1.82, 2.24) is 5.32 Å². The van der Waals surface area contributed by atoms with Gasteiger partial charge in [0.2, 0.25) is 5.91 Å². The van der Waals surface area contributed by atoms with E-state index >= 15 is 0 Å². The van der Waals surface area contributed by atoms with Gasteiger partial charge in [-0.1, -0.05) is 273 Å². The van der Waals surface area contributed by atoms with Crippen molar-refractivity contribution in [1.29, 1.82) is 0 Å². The number of ether oxygens (including phenoxy) is 6. The van der Waals surface area contributed by atoms with Crippen LogP contribution in [-0.4, -0.2) is 193 Å². The van der Waals surface area contributed by atoms with Crippen LogP contribution in [0.1, 0.15) is 271 Å². The van der Waals surface area contributed by atoms with Crippen molar-refractivity contribution in [2.45, 2.75) is 375 Å². The molecule has 19 heteroatoms. The Morgan fingerprint density at radius 1 is 0.389 bits per heavy atom. The van der Waals surface area contributed by atoms with Gasteiger partial charge in [-0.05, 0) is 64.2 Å². The first-order valence-corrected chi connectivity index (χ1v) is 37.7. The predicted octanol–water partition coefficient (Wildman–Crippen LogP) is 11.3. The average molecular weight is 1350 g/mol. The monoisotopic (exact) mass is 1350 g/mol. The van der Waals surface area contributed by atoms with Crippen LogP contribution in [0, 0.1) is 0 Å². The highest BCUT2D eigenvalue weighted by Gasteiger charge is 2.53. The van der Waals surface area contributed by atoms with Crippen LogP contribution in [0.25, 0.3) is 0 Å². The Hall–Kier alpha value is -2.77. The molecule has 552 valence electrons. The van der Waals surface area contributed by atoms with Gasteiger partial charge in [0.15, 0.2) is 18.9 Å². The molecule has 0 aromatic heterocycles. The van der Waals surface area contributed by atoms with Crippen molar-refractivity contribution in [3.63, 3.8) is 0 Å². The summed E-state index contributed by atoms with van der Waals surface area (Å²) in [6, 6.07) is -0.891. The van der Waals surface area contributed by atoms with Gasteiger partial charge in [0.1, 0.15) is 73.2 Å². The molecule has 3 heterocycles. The molecule has 3 aliphatic rings. The van der Waals surface area contributed by atoms with Crippen LogP contribution in [0.15, 0.2) is 72.9 Å². The Balaban J connectivity index is 1.36. The second-order valence-electron chi connectivity index (χ2n) is 26.7. The number of carbonyl (C=O) groups excluding carboxylic acids is 1. The van der Waals surface area contributed by atoms with Crippen LogP contribution in [-0.2, 0) is 33.2 Å². The molecule has 95 heavy (non-hydrogen) atoms. The molecular formula is C76H135NO18. The molecule has 0 spiro atoms. The maximum atomic E-state index is 13.5. The number of hydrogen-bond donors (Lipinski definition) is 12. The summed E-state index contributed by atoms with van der Waals surface area (Å²) in [7, 11) is 0. The van der Waals surface area contributed by atoms with Crippen LogP contribution in [0.2, 0.25) is 0 Å². The first kappa shape index (κ1) is 86.5. The zero-order valence-electron chi connectivity index (χ0n) is 58.6. The van der Waals surface area contributed by atoms with E-state index < -0.39 is 124 Å². The number of nitrogens with one attached hydrogen (secondary N) is 1. The zero-order chi connectivity index (χ0) is 68.9. The minimum Gasteiger partial charge on any atom is -0.394 e. The van der Waals surface area contributed by atoms with Crippen LogP contribution in [0.5, 0.6) is 0 Å². The molecule has 3 fully saturated rings. The minimum absolute atomic E-state index is 0.243. The van der Waals surface area contributed by atoms with E-state index in [4.69, 9.17) is 28.4 Å². The Labute approximate surface area is 572 Å². The fraction of sp³-hybridized carbons (Fsp3) is 0.829. The molecular weight excluding hydrogens is 1210 g/mol. The van der Waals surface area contributed by atoms with Crippen molar-refractivity contribution < 1.29 is 89.4 Å². The second kappa shape index (κ2) is 56.9. The van der Waals surface area contributed by atoms with Crippen LogP contribution < -0.4 is 5.32 Å². The van der Waals surface area contributed by atoms with Gasteiger partial charge in [-0.3, -0.25) is 4.79 Å². The van der Waals surface area contributed by atoms with Crippen LogP contribution in [0.3, 0.4) is 0 Å². The third kappa shape index (κ3) is 38.0. The number of rotatable bonds is 58. The third-order valence-electron chi connectivity index (χ3n) is 18.5. The molecule has 0 aromatic rings. The lowest BCUT2D eigenvalue weighted by Crippen LogP contribution is -2.66. The Bertz CT molecular complexity index is 2000. The van der Waals surface area contributed by atoms with Gasteiger partial charge in [0.05, 0.1) is 38.6 Å². The Morgan fingerprint density at radius 2 is 0.726 bits per heavy atom. The van der Waals surface area contributed by atoms with Crippen molar-refractivity contribution in [2.75, 3.05) is 26.4 Å². The van der Waals surface area contributed by atoms with E-state index in [0.717, 1.165) is 89.9 Å². The van der Waals surface area contributed by atoms with E-state index in [-0.39, 0.29) is 18.9 Å². The van der Waals surface area contributed by atoms with Crippen molar-refractivity contribution in [3.05, 3.63) is 72.9 Å². The molecule has 17 atom stereocenters. The summed E-state index contributed by atoms with van der Waals surface area (Å²) in [5.41, 5.74) is 0. The van der Waals surface area contributed by atoms with Crippen LogP contribution in [0.4, 0.5) is 0 Å². The lowest BCUT2D eigenvalue weighted by molar-refractivity contribution is -0.379. The van der Waals surface area contributed by atoms with Crippen molar-refractivity contribution >= 4 is 5.91 Å².